The molecule has 2 fully saturated rings. The summed E-state index contributed by atoms with van der Waals surface area (Å²) in [6, 6.07) is 2.37. The predicted octanol–water partition coefficient (Wildman–Crippen LogP) is 3.19. The maximum atomic E-state index is 8.84. The van der Waals surface area contributed by atoms with Gasteiger partial charge in [0.25, 0.3) is 0 Å². The molecule has 90 valence electrons. The number of hydrogen-bond donors (Lipinski definition) is 0. The van der Waals surface area contributed by atoms with Crippen LogP contribution in [0.4, 0.5) is 0 Å². The molecule has 0 unspecified atom stereocenters. The maximum absolute atomic E-state index is 8.84. The highest BCUT2D eigenvalue weighted by Gasteiger charge is 2.43. The van der Waals surface area contributed by atoms with Crippen LogP contribution in [0.1, 0.15) is 52.4 Å². The van der Waals surface area contributed by atoms with Crippen molar-refractivity contribution >= 4 is 0 Å². The molecule has 2 rings (SSSR count). The Morgan fingerprint density at radius 2 is 1.88 bits per heavy atom. The molecule has 1 saturated carbocycles. The average Bonchev–Trinajstić information content (AvgIpc) is 2.96. The number of likely N-dealkylation sites (tertiary alicyclic amines) is 1. The van der Waals surface area contributed by atoms with Crippen molar-refractivity contribution in [3.63, 3.8) is 0 Å². The minimum Gasteiger partial charge on any atom is -0.303 e. The quantitative estimate of drug-likeness (QED) is 0.730. The molecule has 2 heteroatoms. The van der Waals surface area contributed by atoms with Crippen molar-refractivity contribution < 1.29 is 0 Å². The predicted molar refractivity (Wildman–Crippen MR) is 66.0 cm³/mol. The molecule has 2 nitrogen and oxygen atoms in total. The minimum absolute atomic E-state index is 0.392. The highest BCUT2D eigenvalue weighted by atomic mass is 15.1. The molecule has 0 atom stereocenters. The summed E-state index contributed by atoms with van der Waals surface area (Å²) in [4.78, 5) is 2.61. The second-order valence-corrected chi connectivity index (χ2v) is 6.63. The van der Waals surface area contributed by atoms with Crippen LogP contribution in [0.2, 0.25) is 0 Å². The molecule has 1 saturated heterocycles. The van der Waals surface area contributed by atoms with E-state index in [1.54, 1.807) is 0 Å². The van der Waals surface area contributed by atoms with Crippen LogP contribution >= 0.6 is 0 Å². The molecule has 0 radical (unpaired) electrons. The Labute approximate surface area is 99.6 Å². The lowest BCUT2D eigenvalue weighted by molar-refractivity contribution is 0.218. The Morgan fingerprint density at radius 3 is 2.50 bits per heavy atom. The molecule has 1 aliphatic heterocycles. The van der Waals surface area contributed by atoms with Crippen molar-refractivity contribution in [1.82, 2.24) is 4.90 Å². The molecule has 0 aromatic heterocycles. The monoisotopic (exact) mass is 220 g/mol. The topological polar surface area (TPSA) is 27.0 Å². The summed E-state index contributed by atoms with van der Waals surface area (Å²) in [7, 11) is 0. The Kier molecular flexibility index (Phi) is 3.26. The maximum Gasteiger partial charge on any atom is 0.0628 e. The number of nitrogens with zero attached hydrogens (tertiary/aromatic N) is 2. The fourth-order valence-corrected chi connectivity index (χ4v) is 2.85. The van der Waals surface area contributed by atoms with Crippen LogP contribution in [-0.2, 0) is 0 Å². The van der Waals surface area contributed by atoms with Crippen LogP contribution in [0.3, 0.4) is 0 Å². The van der Waals surface area contributed by atoms with Gasteiger partial charge in [0.05, 0.1) is 6.07 Å². The zero-order chi connectivity index (χ0) is 11.6. The molecule has 1 heterocycles. The molecule has 16 heavy (non-hydrogen) atoms. The van der Waals surface area contributed by atoms with Gasteiger partial charge in [-0.3, -0.25) is 0 Å². The number of hydrogen-bond acceptors (Lipinski definition) is 2. The Hall–Kier alpha value is -0.550. The third-order valence-electron chi connectivity index (χ3n) is 4.40. The summed E-state index contributed by atoms with van der Waals surface area (Å²) in [6.07, 6.45) is 7.33. The van der Waals surface area contributed by atoms with E-state index in [-0.39, 0.29) is 0 Å². The van der Waals surface area contributed by atoms with Crippen molar-refractivity contribution in [3.05, 3.63) is 0 Å². The lowest BCUT2D eigenvalue weighted by Gasteiger charge is -2.26. The summed E-state index contributed by atoms with van der Waals surface area (Å²) in [6.45, 7) is 8.44. The van der Waals surface area contributed by atoms with Crippen molar-refractivity contribution in [1.29, 1.82) is 5.26 Å². The van der Waals surface area contributed by atoms with Gasteiger partial charge < -0.3 is 4.90 Å². The van der Waals surface area contributed by atoms with E-state index >= 15 is 0 Å². The van der Waals surface area contributed by atoms with Crippen LogP contribution in [0.5, 0.6) is 0 Å². The van der Waals surface area contributed by atoms with E-state index in [1.165, 1.54) is 51.7 Å². The average molecular weight is 220 g/mol. The normalized spacial score (nSPS) is 28.1. The number of rotatable bonds is 3. The molecule has 1 aliphatic carbocycles. The summed E-state index contributed by atoms with van der Waals surface area (Å²) in [5.41, 5.74) is 0.921. The first-order valence-electron chi connectivity index (χ1n) is 6.65. The van der Waals surface area contributed by atoms with Crippen LogP contribution < -0.4 is 0 Å². The fraction of sp³-hybridized carbons (Fsp3) is 0.929. The summed E-state index contributed by atoms with van der Waals surface area (Å²) >= 11 is 0. The van der Waals surface area contributed by atoms with E-state index in [0.29, 0.717) is 10.8 Å². The van der Waals surface area contributed by atoms with Gasteiger partial charge in [0.2, 0.25) is 0 Å². The number of nitriles is 1. The van der Waals surface area contributed by atoms with Crippen LogP contribution in [0, 0.1) is 22.2 Å². The van der Waals surface area contributed by atoms with Gasteiger partial charge in [-0.1, -0.05) is 13.8 Å². The van der Waals surface area contributed by atoms with Crippen LogP contribution in [0.25, 0.3) is 0 Å². The van der Waals surface area contributed by atoms with Gasteiger partial charge in [0.15, 0.2) is 0 Å². The van der Waals surface area contributed by atoms with Crippen LogP contribution in [0.15, 0.2) is 0 Å². The molecule has 0 N–H and O–H groups in total. The lowest BCUT2D eigenvalue weighted by atomic mass is 9.85. The van der Waals surface area contributed by atoms with Gasteiger partial charge in [-0.2, -0.15) is 5.26 Å². The second-order valence-electron chi connectivity index (χ2n) is 6.63. The first kappa shape index (κ1) is 11.9. The molecule has 2 aliphatic rings. The van der Waals surface area contributed by atoms with E-state index in [9.17, 15) is 0 Å². The first-order valence-corrected chi connectivity index (χ1v) is 6.65. The largest absolute Gasteiger partial charge is 0.303 e. The Balaban J connectivity index is 1.85. The summed E-state index contributed by atoms with van der Waals surface area (Å²) < 4.78 is 0. The molecule has 0 aromatic carbocycles. The standard InChI is InChI=1S/C14H24N2/c1-13(2)4-3-10-16(11-8-13)12-14(5-6-14)7-9-15/h3-8,10-12H2,1-2H3. The van der Waals surface area contributed by atoms with Crippen LogP contribution in [-0.4, -0.2) is 24.5 Å². The Morgan fingerprint density at radius 1 is 1.12 bits per heavy atom. The lowest BCUT2D eigenvalue weighted by Crippen LogP contribution is -2.31. The minimum atomic E-state index is 0.392. The second kappa shape index (κ2) is 4.37. The fourth-order valence-electron chi connectivity index (χ4n) is 2.85. The Bertz CT molecular complexity index is 284. The van der Waals surface area contributed by atoms with E-state index < -0.39 is 0 Å². The highest BCUT2D eigenvalue weighted by molar-refractivity contribution is 5.01. The van der Waals surface area contributed by atoms with Gasteiger partial charge in [0, 0.05) is 13.0 Å². The van der Waals surface area contributed by atoms with Gasteiger partial charge in [-0.05, 0) is 56.0 Å². The van der Waals surface area contributed by atoms with Crippen molar-refractivity contribution in [3.8, 4) is 6.07 Å². The molecule has 0 bridgehead atoms. The smallest absolute Gasteiger partial charge is 0.0628 e. The zero-order valence-corrected chi connectivity index (χ0v) is 10.8. The zero-order valence-electron chi connectivity index (χ0n) is 10.8. The summed E-state index contributed by atoms with van der Waals surface area (Å²) in [5, 5.41) is 8.84. The molecular formula is C14H24N2. The molecule has 0 spiro atoms. The van der Waals surface area contributed by atoms with E-state index in [1.807, 2.05) is 0 Å². The van der Waals surface area contributed by atoms with Crippen molar-refractivity contribution in [2.75, 3.05) is 19.6 Å². The molecule has 0 amide bonds. The summed E-state index contributed by atoms with van der Waals surface area (Å²) in [5.74, 6) is 0. The van der Waals surface area contributed by atoms with Gasteiger partial charge in [0.1, 0.15) is 0 Å². The third-order valence-corrected chi connectivity index (χ3v) is 4.40. The van der Waals surface area contributed by atoms with Gasteiger partial charge >= 0.3 is 0 Å². The SMILES string of the molecule is CC1(C)CCCN(CC2(CC#N)CC2)CC1. The molecule has 0 aromatic rings. The highest BCUT2D eigenvalue weighted by Crippen LogP contribution is 2.49. The third kappa shape index (κ3) is 2.98. The van der Waals surface area contributed by atoms with E-state index in [0.717, 1.165) is 6.42 Å². The van der Waals surface area contributed by atoms with Crippen molar-refractivity contribution in [2.45, 2.75) is 52.4 Å². The van der Waals surface area contributed by atoms with Gasteiger partial charge in [-0.15, -0.1) is 0 Å². The van der Waals surface area contributed by atoms with E-state index in [4.69, 9.17) is 5.26 Å². The first-order chi connectivity index (χ1) is 7.55. The molecular weight excluding hydrogens is 196 g/mol. The van der Waals surface area contributed by atoms with Crippen molar-refractivity contribution in [2.24, 2.45) is 10.8 Å². The van der Waals surface area contributed by atoms with E-state index in [2.05, 4.69) is 24.8 Å². The van der Waals surface area contributed by atoms with Gasteiger partial charge in [-0.25, -0.2) is 0 Å².